The lowest BCUT2D eigenvalue weighted by Crippen LogP contribution is -2.61. The number of piperidine rings is 2. The quantitative estimate of drug-likeness (QED) is 0.839. The van der Waals surface area contributed by atoms with Gasteiger partial charge in [0.05, 0.1) is 5.54 Å². The second-order valence-corrected chi connectivity index (χ2v) is 7.56. The van der Waals surface area contributed by atoms with Crippen LogP contribution in [0, 0.1) is 23.7 Å². The van der Waals surface area contributed by atoms with E-state index in [2.05, 4.69) is 60.9 Å². The van der Waals surface area contributed by atoms with Crippen molar-refractivity contribution in [3.8, 4) is 0 Å². The smallest absolute Gasteiger partial charge is 0.224 e. The predicted molar refractivity (Wildman–Crippen MR) is 88.1 cm³/mol. The van der Waals surface area contributed by atoms with Crippen LogP contribution in [-0.2, 0) is 4.79 Å². The Morgan fingerprint density at radius 1 is 1.23 bits per heavy atom. The van der Waals surface area contributed by atoms with Crippen LogP contribution >= 0.6 is 0 Å². The molecule has 3 aliphatic carbocycles. The molecule has 2 bridgehead atoms. The summed E-state index contributed by atoms with van der Waals surface area (Å²) in [6.45, 7) is 6.26. The average molecular weight is 296 g/mol. The van der Waals surface area contributed by atoms with Crippen molar-refractivity contribution in [2.75, 3.05) is 13.1 Å². The maximum atomic E-state index is 12.8. The Morgan fingerprint density at radius 3 is 2.73 bits per heavy atom. The highest BCUT2D eigenvalue weighted by Gasteiger charge is 2.49. The van der Waals surface area contributed by atoms with Crippen molar-refractivity contribution in [3.63, 3.8) is 0 Å². The highest BCUT2D eigenvalue weighted by atomic mass is 16.2. The lowest BCUT2D eigenvalue weighted by molar-refractivity contribution is -0.137. The van der Waals surface area contributed by atoms with Crippen LogP contribution in [-0.4, -0.2) is 24.5 Å². The van der Waals surface area contributed by atoms with Crippen molar-refractivity contribution < 1.29 is 4.79 Å². The SMILES string of the molecule is CC(C)(NC(=O)C1C2CNCC1C2)C1=CC=C2C=CC=CC21. The van der Waals surface area contributed by atoms with Gasteiger partial charge in [-0.25, -0.2) is 0 Å². The van der Waals surface area contributed by atoms with E-state index in [9.17, 15) is 4.79 Å². The molecule has 0 radical (unpaired) electrons. The average Bonchev–Trinajstić information content (AvgIpc) is 2.92. The molecule has 3 unspecified atom stereocenters. The lowest BCUT2D eigenvalue weighted by atomic mass is 9.61. The van der Waals surface area contributed by atoms with Crippen molar-refractivity contribution in [1.82, 2.24) is 10.6 Å². The minimum atomic E-state index is -0.299. The predicted octanol–water partition coefficient (Wildman–Crippen LogP) is 2.35. The summed E-state index contributed by atoms with van der Waals surface area (Å²) in [5, 5.41) is 6.74. The van der Waals surface area contributed by atoms with E-state index in [1.807, 2.05) is 0 Å². The molecule has 1 heterocycles. The third-order valence-electron chi connectivity index (χ3n) is 5.75. The first-order valence-electron chi connectivity index (χ1n) is 8.36. The van der Waals surface area contributed by atoms with Gasteiger partial charge in [0.2, 0.25) is 5.91 Å². The number of hydrogen-bond acceptors (Lipinski definition) is 2. The molecular formula is C19H24N2O. The summed E-state index contributed by atoms with van der Waals surface area (Å²) in [4.78, 5) is 12.8. The Morgan fingerprint density at radius 2 is 2.00 bits per heavy atom. The molecule has 1 saturated carbocycles. The van der Waals surface area contributed by atoms with Crippen LogP contribution in [0.2, 0.25) is 0 Å². The van der Waals surface area contributed by atoms with E-state index in [1.54, 1.807) is 0 Å². The normalized spacial score (nSPS) is 35.4. The van der Waals surface area contributed by atoms with Crippen molar-refractivity contribution >= 4 is 5.91 Å². The van der Waals surface area contributed by atoms with Gasteiger partial charge in [-0.1, -0.05) is 36.5 Å². The molecule has 3 atom stereocenters. The van der Waals surface area contributed by atoms with Gasteiger partial charge in [0.15, 0.2) is 0 Å². The molecule has 3 heteroatoms. The van der Waals surface area contributed by atoms with E-state index in [0.717, 1.165) is 13.1 Å². The third kappa shape index (κ3) is 2.11. The second kappa shape index (κ2) is 4.95. The van der Waals surface area contributed by atoms with Crippen LogP contribution in [0.3, 0.4) is 0 Å². The van der Waals surface area contributed by atoms with Gasteiger partial charge in [0.1, 0.15) is 0 Å². The van der Waals surface area contributed by atoms with Gasteiger partial charge in [-0.2, -0.15) is 0 Å². The summed E-state index contributed by atoms with van der Waals surface area (Å²) in [5.41, 5.74) is 2.32. The highest BCUT2D eigenvalue weighted by Crippen LogP contribution is 2.44. The fourth-order valence-corrected chi connectivity index (χ4v) is 4.52. The molecule has 0 aromatic rings. The van der Waals surface area contributed by atoms with Gasteiger partial charge in [-0.3, -0.25) is 4.79 Å². The van der Waals surface area contributed by atoms with E-state index in [0.29, 0.717) is 17.8 Å². The fraction of sp³-hybridized carbons (Fsp3) is 0.526. The monoisotopic (exact) mass is 296 g/mol. The maximum absolute atomic E-state index is 12.8. The molecule has 0 aromatic carbocycles. The molecule has 1 saturated heterocycles. The number of amides is 1. The first kappa shape index (κ1) is 14.0. The van der Waals surface area contributed by atoms with Crippen LogP contribution in [0.5, 0.6) is 0 Å². The van der Waals surface area contributed by atoms with Crippen molar-refractivity contribution in [2.45, 2.75) is 25.8 Å². The molecule has 0 spiro atoms. The van der Waals surface area contributed by atoms with E-state index in [4.69, 9.17) is 0 Å². The first-order chi connectivity index (χ1) is 10.6. The van der Waals surface area contributed by atoms with Gasteiger partial charge in [-0.15, -0.1) is 0 Å². The van der Waals surface area contributed by atoms with Crippen LogP contribution in [0.15, 0.2) is 47.6 Å². The van der Waals surface area contributed by atoms with Crippen LogP contribution < -0.4 is 10.6 Å². The zero-order valence-electron chi connectivity index (χ0n) is 13.3. The molecule has 4 aliphatic rings. The summed E-state index contributed by atoms with van der Waals surface area (Å²) < 4.78 is 0. The molecular weight excluding hydrogens is 272 g/mol. The molecule has 116 valence electrons. The Kier molecular flexibility index (Phi) is 3.15. The zero-order valence-corrected chi connectivity index (χ0v) is 13.3. The Bertz CT molecular complexity index is 609. The molecule has 4 rings (SSSR count). The first-order valence-corrected chi connectivity index (χ1v) is 8.36. The van der Waals surface area contributed by atoms with Crippen LogP contribution in [0.25, 0.3) is 0 Å². The van der Waals surface area contributed by atoms with Crippen molar-refractivity contribution in [3.05, 3.63) is 47.6 Å². The summed E-state index contributed by atoms with van der Waals surface area (Å²) in [5.74, 6) is 1.87. The fourth-order valence-electron chi connectivity index (χ4n) is 4.52. The number of fused-ring (bicyclic) bond motifs is 3. The highest BCUT2D eigenvalue weighted by molar-refractivity contribution is 5.82. The number of carbonyl (C=O) groups is 1. The molecule has 0 aromatic heterocycles. The van der Waals surface area contributed by atoms with Gasteiger partial charge in [0, 0.05) is 11.8 Å². The topological polar surface area (TPSA) is 41.1 Å². The summed E-state index contributed by atoms with van der Waals surface area (Å²) in [6, 6.07) is 0. The standard InChI is InChI=1S/C19H24N2O/c1-19(2,16-8-7-12-5-3-4-6-15(12)16)21-18(22)17-13-9-14(17)11-20-10-13/h3-8,13-15,17,20H,9-11H2,1-2H3,(H,21,22). The summed E-state index contributed by atoms with van der Waals surface area (Å²) in [7, 11) is 0. The van der Waals surface area contributed by atoms with E-state index < -0.39 is 0 Å². The Balaban J connectivity index is 1.47. The number of hydrogen-bond donors (Lipinski definition) is 2. The van der Waals surface area contributed by atoms with Gasteiger partial charge in [0.25, 0.3) is 0 Å². The maximum Gasteiger partial charge on any atom is 0.224 e. The third-order valence-corrected chi connectivity index (χ3v) is 5.75. The van der Waals surface area contributed by atoms with Crippen LogP contribution in [0.4, 0.5) is 0 Å². The molecule has 2 fully saturated rings. The molecule has 1 amide bonds. The number of rotatable bonds is 3. The second-order valence-electron chi connectivity index (χ2n) is 7.56. The lowest BCUT2D eigenvalue weighted by Gasteiger charge is -2.49. The minimum absolute atomic E-state index is 0.219. The summed E-state index contributed by atoms with van der Waals surface area (Å²) in [6.07, 6.45) is 14.1. The number of carbonyl (C=O) groups excluding carboxylic acids is 1. The Labute approximate surface area is 132 Å². The molecule has 1 aliphatic heterocycles. The van der Waals surface area contributed by atoms with Crippen molar-refractivity contribution in [1.29, 1.82) is 0 Å². The van der Waals surface area contributed by atoms with E-state index >= 15 is 0 Å². The van der Waals surface area contributed by atoms with Crippen molar-refractivity contribution in [2.24, 2.45) is 23.7 Å². The molecule has 3 nitrogen and oxygen atoms in total. The molecule has 22 heavy (non-hydrogen) atoms. The van der Waals surface area contributed by atoms with Gasteiger partial charge >= 0.3 is 0 Å². The Hall–Kier alpha value is -1.61. The van der Waals surface area contributed by atoms with Crippen LogP contribution in [0.1, 0.15) is 20.3 Å². The van der Waals surface area contributed by atoms with E-state index in [-0.39, 0.29) is 17.4 Å². The number of allylic oxidation sites excluding steroid dienone is 7. The zero-order chi connectivity index (χ0) is 15.3. The van der Waals surface area contributed by atoms with E-state index in [1.165, 1.54) is 17.6 Å². The summed E-state index contributed by atoms with van der Waals surface area (Å²) >= 11 is 0. The largest absolute Gasteiger partial charge is 0.347 e. The minimum Gasteiger partial charge on any atom is -0.347 e. The molecule has 2 N–H and O–H groups in total. The van der Waals surface area contributed by atoms with Gasteiger partial charge in [-0.05, 0) is 56.3 Å². The van der Waals surface area contributed by atoms with Gasteiger partial charge < -0.3 is 10.6 Å². The number of nitrogens with one attached hydrogen (secondary N) is 2.